The molecule has 0 spiro atoms. The lowest BCUT2D eigenvalue weighted by Gasteiger charge is -2.02. The Morgan fingerprint density at radius 2 is 2.29 bits per heavy atom. The van der Waals surface area contributed by atoms with Crippen molar-refractivity contribution in [1.29, 1.82) is 5.26 Å². The molecule has 2 rings (SSSR count). The summed E-state index contributed by atoms with van der Waals surface area (Å²) in [4.78, 5) is 4.20. The van der Waals surface area contributed by atoms with Crippen molar-refractivity contribution >= 4 is 17.2 Å². The van der Waals surface area contributed by atoms with Crippen LogP contribution in [-0.2, 0) is 0 Å². The summed E-state index contributed by atoms with van der Waals surface area (Å²) < 4.78 is 0. The Kier molecular flexibility index (Phi) is 2.51. The summed E-state index contributed by atoms with van der Waals surface area (Å²) in [7, 11) is 0. The molecule has 0 aromatic carbocycles. The van der Waals surface area contributed by atoms with Crippen LogP contribution in [0.3, 0.4) is 0 Å². The molecule has 0 unspecified atom stereocenters. The summed E-state index contributed by atoms with van der Waals surface area (Å²) >= 11 is 5.85. The van der Waals surface area contributed by atoms with Gasteiger partial charge in [-0.15, -0.1) is 0 Å². The number of aromatic nitrogens is 1. The van der Waals surface area contributed by atoms with Crippen molar-refractivity contribution in [2.75, 3.05) is 0 Å². The molecular weight excluding hydrogens is 196 g/mol. The topological polar surface area (TPSA) is 36.7 Å². The molecule has 0 saturated carbocycles. The van der Waals surface area contributed by atoms with Gasteiger partial charge in [0.15, 0.2) is 0 Å². The van der Waals surface area contributed by atoms with Crippen molar-refractivity contribution in [3.8, 4) is 6.07 Å². The van der Waals surface area contributed by atoms with Gasteiger partial charge in [-0.1, -0.05) is 17.7 Å². The first-order valence-corrected chi connectivity index (χ1v) is 4.95. The van der Waals surface area contributed by atoms with Gasteiger partial charge in [0.25, 0.3) is 0 Å². The quantitative estimate of drug-likeness (QED) is 0.659. The number of nitriles is 1. The van der Waals surface area contributed by atoms with E-state index in [0.29, 0.717) is 10.7 Å². The van der Waals surface area contributed by atoms with Gasteiger partial charge in [-0.2, -0.15) is 5.26 Å². The fraction of sp³-hybridized carbons (Fsp3) is 0.273. The maximum Gasteiger partial charge on any atom is 0.147 e. The van der Waals surface area contributed by atoms with Crippen molar-refractivity contribution in [1.82, 2.24) is 4.98 Å². The summed E-state index contributed by atoms with van der Waals surface area (Å²) in [6.07, 6.45) is 5.56. The third kappa shape index (κ3) is 1.64. The number of hydrogen-bond acceptors (Lipinski definition) is 2. The van der Waals surface area contributed by atoms with Crippen LogP contribution in [0.15, 0.2) is 18.2 Å². The van der Waals surface area contributed by atoms with Gasteiger partial charge in [0.1, 0.15) is 11.2 Å². The number of nitrogens with zero attached hydrogens (tertiary/aromatic N) is 2. The molecule has 1 aromatic rings. The molecule has 0 aliphatic heterocycles. The molecule has 1 heterocycles. The number of allylic oxidation sites excluding steroid dienone is 2. The zero-order valence-electron chi connectivity index (χ0n) is 7.63. The molecule has 0 fully saturated rings. The minimum absolute atomic E-state index is 0.304. The largest absolute Gasteiger partial charge is 0.235 e. The Labute approximate surface area is 87.8 Å². The van der Waals surface area contributed by atoms with Crippen molar-refractivity contribution < 1.29 is 0 Å². The molecule has 2 nitrogen and oxygen atoms in total. The van der Waals surface area contributed by atoms with Crippen molar-refractivity contribution in [3.05, 3.63) is 34.6 Å². The molecule has 0 bridgehead atoms. The van der Waals surface area contributed by atoms with E-state index in [2.05, 4.69) is 11.1 Å². The van der Waals surface area contributed by atoms with E-state index in [0.717, 1.165) is 18.5 Å². The molecule has 0 N–H and O–H groups in total. The summed E-state index contributed by atoms with van der Waals surface area (Å²) in [6.45, 7) is 0. The lowest BCUT2D eigenvalue weighted by Crippen LogP contribution is -1.90. The Balaban J connectivity index is 2.38. The molecule has 0 radical (unpaired) electrons. The number of rotatable bonds is 1. The van der Waals surface area contributed by atoms with Crippen LogP contribution in [0.2, 0.25) is 5.15 Å². The molecule has 0 amide bonds. The lowest BCUT2D eigenvalue weighted by molar-refractivity contribution is 0.932. The Hall–Kier alpha value is -1.33. The Morgan fingerprint density at radius 3 is 2.86 bits per heavy atom. The van der Waals surface area contributed by atoms with E-state index in [9.17, 15) is 0 Å². The van der Waals surface area contributed by atoms with Gasteiger partial charge in [-0.3, -0.25) is 0 Å². The molecule has 70 valence electrons. The lowest BCUT2D eigenvalue weighted by atomic mass is 10.1. The highest BCUT2D eigenvalue weighted by Crippen LogP contribution is 2.27. The monoisotopic (exact) mass is 204 g/mol. The van der Waals surface area contributed by atoms with E-state index in [1.54, 1.807) is 6.07 Å². The summed E-state index contributed by atoms with van der Waals surface area (Å²) in [6, 6.07) is 5.59. The van der Waals surface area contributed by atoms with Gasteiger partial charge in [0.05, 0.1) is 11.3 Å². The predicted molar refractivity (Wildman–Crippen MR) is 55.8 cm³/mol. The Morgan fingerprint density at radius 1 is 1.43 bits per heavy atom. The average molecular weight is 205 g/mol. The van der Waals surface area contributed by atoms with Crippen LogP contribution in [0.1, 0.15) is 30.5 Å². The Bertz CT molecular complexity index is 429. The van der Waals surface area contributed by atoms with Crippen LogP contribution in [0.5, 0.6) is 0 Å². The van der Waals surface area contributed by atoms with E-state index in [-0.39, 0.29) is 0 Å². The fourth-order valence-corrected chi connectivity index (χ4v) is 1.80. The zero-order valence-corrected chi connectivity index (χ0v) is 8.38. The molecular formula is C11H9ClN2. The van der Waals surface area contributed by atoms with Crippen molar-refractivity contribution in [2.24, 2.45) is 0 Å². The SMILES string of the molecule is N#Cc1ccc(C2=CCCC2)nc1Cl. The van der Waals surface area contributed by atoms with Gasteiger partial charge in [0, 0.05) is 0 Å². The first kappa shape index (κ1) is 9.23. The summed E-state index contributed by atoms with van der Waals surface area (Å²) in [5.41, 5.74) is 2.59. The summed E-state index contributed by atoms with van der Waals surface area (Å²) in [5, 5.41) is 8.99. The van der Waals surface area contributed by atoms with Crippen LogP contribution in [0, 0.1) is 11.3 Å². The first-order chi connectivity index (χ1) is 6.81. The molecule has 1 aliphatic carbocycles. The number of halogens is 1. The number of pyridine rings is 1. The van der Waals surface area contributed by atoms with E-state index < -0.39 is 0 Å². The van der Waals surface area contributed by atoms with E-state index in [1.165, 1.54) is 12.0 Å². The van der Waals surface area contributed by atoms with Gasteiger partial charge in [0.2, 0.25) is 0 Å². The van der Waals surface area contributed by atoms with E-state index in [4.69, 9.17) is 16.9 Å². The van der Waals surface area contributed by atoms with Crippen molar-refractivity contribution in [2.45, 2.75) is 19.3 Å². The molecule has 1 aliphatic rings. The second-order valence-electron chi connectivity index (χ2n) is 3.27. The molecule has 0 saturated heterocycles. The van der Waals surface area contributed by atoms with Gasteiger partial charge in [-0.25, -0.2) is 4.98 Å². The van der Waals surface area contributed by atoms with Gasteiger partial charge < -0.3 is 0 Å². The van der Waals surface area contributed by atoms with Crippen LogP contribution in [-0.4, -0.2) is 4.98 Å². The minimum Gasteiger partial charge on any atom is -0.235 e. The van der Waals surface area contributed by atoms with E-state index >= 15 is 0 Å². The van der Waals surface area contributed by atoms with Gasteiger partial charge in [-0.05, 0) is 37.0 Å². The van der Waals surface area contributed by atoms with E-state index in [1.807, 2.05) is 12.1 Å². The van der Waals surface area contributed by atoms with Crippen LogP contribution >= 0.6 is 11.6 Å². The predicted octanol–water partition coefficient (Wildman–Crippen LogP) is 3.17. The third-order valence-electron chi connectivity index (χ3n) is 2.34. The molecule has 3 heteroatoms. The highest BCUT2D eigenvalue weighted by atomic mass is 35.5. The second-order valence-corrected chi connectivity index (χ2v) is 3.63. The maximum absolute atomic E-state index is 8.69. The normalized spacial score (nSPS) is 15.0. The molecule has 1 aromatic heterocycles. The van der Waals surface area contributed by atoms with Crippen LogP contribution in [0.25, 0.3) is 5.57 Å². The third-order valence-corrected chi connectivity index (χ3v) is 2.63. The average Bonchev–Trinajstić information content (AvgIpc) is 2.70. The second kappa shape index (κ2) is 3.81. The van der Waals surface area contributed by atoms with Crippen molar-refractivity contribution in [3.63, 3.8) is 0 Å². The first-order valence-electron chi connectivity index (χ1n) is 4.57. The van der Waals surface area contributed by atoms with Crippen LogP contribution in [0.4, 0.5) is 0 Å². The minimum atomic E-state index is 0.304. The van der Waals surface area contributed by atoms with Gasteiger partial charge >= 0.3 is 0 Å². The molecule has 14 heavy (non-hydrogen) atoms. The maximum atomic E-state index is 8.69. The smallest absolute Gasteiger partial charge is 0.147 e. The zero-order chi connectivity index (χ0) is 9.97. The van der Waals surface area contributed by atoms with Crippen LogP contribution < -0.4 is 0 Å². The number of hydrogen-bond donors (Lipinski definition) is 0. The standard InChI is InChI=1S/C11H9ClN2/c12-11-9(7-13)5-6-10(14-11)8-3-1-2-4-8/h3,5-6H,1-2,4H2. The fourth-order valence-electron chi connectivity index (χ4n) is 1.60. The molecule has 0 atom stereocenters. The highest BCUT2D eigenvalue weighted by molar-refractivity contribution is 6.30. The summed E-state index contributed by atoms with van der Waals surface area (Å²) in [5.74, 6) is 0. The highest BCUT2D eigenvalue weighted by Gasteiger charge is 2.10.